The monoisotopic (exact) mass is 513 g/mol. The zero-order valence-corrected chi connectivity index (χ0v) is 22.1. The van der Waals surface area contributed by atoms with Crippen LogP contribution in [0, 0.1) is 0 Å². The van der Waals surface area contributed by atoms with Crippen LogP contribution in [0.15, 0.2) is 41.5 Å². The van der Waals surface area contributed by atoms with E-state index in [0.717, 1.165) is 40.6 Å². The minimum absolute atomic E-state index is 0.121. The van der Waals surface area contributed by atoms with Crippen LogP contribution in [0.2, 0.25) is 18.1 Å². The minimum Gasteiger partial charge on any atom is -0.412 e. The standard InChI is InChI=1S/C24H32BrN5OSi/c1-24(2,3)32(4,5)31-18-10-20(30(13-18)23-11-21(25)26-15-27-23)19-14-29-12-17(16-6-7-16)8-9-22(29)28-19/h8-9,11-12,14-16,18,20H,6-7,10,13H2,1-5H3/t18?,20-/m1/s1. The Hall–Kier alpha value is -1.77. The maximum atomic E-state index is 6.84. The molecular formula is C24H32BrN5OSi. The number of aromatic nitrogens is 4. The molecule has 2 fully saturated rings. The fourth-order valence-corrected chi connectivity index (χ4v) is 5.99. The molecule has 1 aliphatic heterocycles. The molecule has 1 saturated carbocycles. The average molecular weight is 515 g/mol. The number of hydrogen-bond donors (Lipinski definition) is 0. The van der Waals surface area contributed by atoms with Gasteiger partial charge in [-0.05, 0) is 64.5 Å². The molecule has 4 heterocycles. The lowest BCUT2D eigenvalue weighted by Gasteiger charge is -2.38. The van der Waals surface area contributed by atoms with Gasteiger partial charge in [-0.3, -0.25) is 0 Å². The number of pyridine rings is 1. The second-order valence-corrected chi connectivity index (χ2v) is 16.3. The average Bonchev–Trinajstić information content (AvgIpc) is 3.34. The molecule has 0 radical (unpaired) electrons. The first-order valence-corrected chi connectivity index (χ1v) is 15.2. The van der Waals surface area contributed by atoms with Gasteiger partial charge >= 0.3 is 0 Å². The van der Waals surface area contributed by atoms with Crippen molar-refractivity contribution in [3.05, 3.63) is 52.8 Å². The molecule has 1 unspecified atom stereocenters. The van der Waals surface area contributed by atoms with Gasteiger partial charge in [0.25, 0.3) is 0 Å². The van der Waals surface area contributed by atoms with E-state index in [1.165, 1.54) is 18.4 Å². The Morgan fingerprint density at radius 3 is 2.59 bits per heavy atom. The van der Waals surface area contributed by atoms with Gasteiger partial charge in [-0.15, -0.1) is 0 Å². The van der Waals surface area contributed by atoms with Crippen LogP contribution in [-0.4, -0.2) is 40.3 Å². The van der Waals surface area contributed by atoms with Crippen molar-refractivity contribution in [2.24, 2.45) is 0 Å². The summed E-state index contributed by atoms with van der Waals surface area (Å²) in [6, 6.07) is 6.50. The highest BCUT2D eigenvalue weighted by atomic mass is 79.9. The summed E-state index contributed by atoms with van der Waals surface area (Å²) in [5.41, 5.74) is 3.50. The predicted octanol–water partition coefficient (Wildman–Crippen LogP) is 6.11. The first-order chi connectivity index (χ1) is 15.1. The Bertz CT molecular complexity index is 1140. The van der Waals surface area contributed by atoms with Crippen LogP contribution < -0.4 is 4.90 Å². The van der Waals surface area contributed by atoms with Crippen molar-refractivity contribution < 1.29 is 4.43 Å². The Balaban J connectivity index is 1.48. The van der Waals surface area contributed by atoms with Crippen LogP contribution in [0.3, 0.4) is 0 Å². The Kier molecular flexibility index (Phi) is 5.45. The smallest absolute Gasteiger partial charge is 0.192 e. The summed E-state index contributed by atoms with van der Waals surface area (Å²) in [4.78, 5) is 16.2. The number of anilines is 1. The summed E-state index contributed by atoms with van der Waals surface area (Å²) < 4.78 is 9.82. The maximum Gasteiger partial charge on any atom is 0.192 e. The van der Waals surface area contributed by atoms with Gasteiger partial charge in [0.05, 0.1) is 17.8 Å². The third-order valence-electron chi connectivity index (χ3n) is 7.33. The molecule has 2 aliphatic rings. The van der Waals surface area contributed by atoms with Crippen LogP contribution in [0.4, 0.5) is 5.82 Å². The highest BCUT2D eigenvalue weighted by molar-refractivity contribution is 9.10. The number of imidazole rings is 1. The zero-order chi connectivity index (χ0) is 22.7. The number of hydrogen-bond acceptors (Lipinski definition) is 5. The highest BCUT2D eigenvalue weighted by Crippen LogP contribution is 2.43. The summed E-state index contributed by atoms with van der Waals surface area (Å²) in [5, 5.41) is 0.177. The first kappa shape index (κ1) is 22.0. The highest BCUT2D eigenvalue weighted by Gasteiger charge is 2.43. The molecule has 2 atom stereocenters. The minimum atomic E-state index is -1.88. The van der Waals surface area contributed by atoms with E-state index in [0.29, 0.717) is 0 Å². The summed E-state index contributed by atoms with van der Waals surface area (Å²) >= 11 is 3.51. The van der Waals surface area contributed by atoms with Gasteiger partial charge < -0.3 is 13.7 Å². The molecule has 0 N–H and O–H groups in total. The van der Waals surface area contributed by atoms with E-state index >= 15 is 0 Å². The van der Waals surface area contributed by atoms with Gasteiger partial charge in [0.2, 0.25) is 0 Å². The Morgan fingerprint density at radius 2 is 1.91 bits per heavy atom. The molecule has 1 aliphatic carbocycles. The molecule has 3 aromatic rings. The van der Waals surface area contributed by atoms with Gasteiger partial charge in [-0.1, -0.05) is 26.8 Å². The third-order valence-corrected chi connectivity index (χ3v) is 12.3. The maximum absolute atomic E-state index is 6.84. The van der Waals surface area contributed by atoms with Crippen LogP contribution in [-0.2, 0) is 4.43 Å². The van der Waals surface area contributed by atoms with Crippen molar-refractivity contribution in [1.29, 1.82) is 0 Å². The summed E-state index contributed by atoms with van der Waals surface area (Å²) in [5.74, 6) is 1.64. The third kappa shape index (κ3) is 4.24. The number of nitrogens with zero attached hydrogens (tertiary/aromatic N) is 5. The van der Waals surface area contributed by atoms with E-state index in [1.807, 2.05) is 6.07 Å². The number of halogens is 1. The lowest BCUT2D eigenvalue weighted by atomic mass is 10.1. The van der Waals surface area contributed by atoms with Crippen LogP contribution >= 0.6 is 15.9 Å². The van der Waals surface area contributed by atoms with Gasteiger partial charge in [0, 0.05) is 31.4 Å². The van der Waals surface area contributed by atoms with Crippen molar-refractivity contribution in [2.75, 3.05) is 11.4 Å². The molecule has 5 rings (SSSR count). The number of fused-ring (bicyclic) bond motifs is 1. The molecule has 0 spiro atoms. The van der Waals surface area contributed by atoms with Gasteiger partial charge in [-0.2, -0.15) is 0 Å². The fraction of sp³-hybridized carbons (Fsp3) is 0.542. The number of rotatable bonds is 5. The van der Waals surface area contributed by atoms with E-state index in [2.05, 4.69) is 93.6 Å². The van der Waals surface area contributed by atoms with E-state index in [1.54, 1.807) is 6.33 Å². The first-order valence-electron chi connectivity index (χ1n) is 11.5. The molecule has 32 heavy (non-hydrogen) atoms. The van der Waals surface area contributed by atoms with E-state index in [9.17, 15) is 0 Å². The quantitative estimate of drug-likeness (QED) is 0.304. The molecule has 170 valence electrons. The molecule has 8 heteroatoms. The predicted molar refractivity (Wildman–Crippen MR) is 134 cm³/mol. The molecule has 0 amide bonds. The summed E-state index contributed by atoms with van der Waals surface area (Å²) in [6.07, 6.45) is 9.74. The van der Waals surface area contributed by atoms with Crippen LogP contribution in [0.5, 0.6) is 0 Å². The van der Waals surface area contributed by atoms with Crippen molar-refractivity contribution in [3.8, 4) is 0 Å². The SMILES string of the molecule is CC(C)(C)[Si](C)(C)OC1C[C@H](c2cn3cc(C4CC4)ccc3n2)N(c2cc(Br)ncn2)C1. The van der Waals surface area contributed by atoms with Gasteiger partial charge in [0.15, 0.2) is 8.32 Å². The Labute approximate surface area is 199 Å². The molecule has 0 bridgehead atoms. The normalized spacial score (nSPS) is 22.1. The molecular weight excluding hydrogens is 482 g/mol. The summed E-state index contributed by atoms with van der Waals surface area (Å²) in [6.45, 7) is 12.4. The van der Waals surface area contributed by atoms with Crippen molar-refractivity contribution in [1.82, 2.24) is 19.4 Å². The Morgan fingerprint density at radius 1 is 1.12 bits per heavy atom. The second kappa shape index (κ2) is 7.92. The fourth-order valence-electron chi connectivity index (χ4n) is 4.34. The van der Waals surface area contributed by atoms with E-state index < -0.39 is 8.32 Å². The zero-order valence-electron chi connectivity index (χ0n) is 19.5. The largest absolute Gasteiger partial charge is 0.412 e. The van der Waals surface area contributed by atoms with Gasteiger partial charge in [-0.25, -0.2) is 15.0 Å². The van der Waals surface area contributed by atoms with Gasteiger partial charge in [0.1, 0.15) is 22.4 Å². The van der Waals surface area contributed by atoms with Crippen molar-refractivity contribution in [2.45, 2.75) is 76.2 Å². The van der Waals surface area contributed by atoms with Crippen molar-refractivity contribution >= 4 is 35.7 Å². The van der Waals surface area contributed by atoms with E-state index in [-0.39, 0.29) is 17.2 Å². The molecule has 0 aromatic carbocycles. The molecule has 1 saturated heterocycles. The molecule has 3 aromatic heterocycles. The second-order valence-electron chi connectivity index (χ2n) is 10.8. The van der Waals surface area contributed by atoms with Crippen molar-refractivity contribution in [3.63, 3.8) is 0 Å². The summed E-state index contributed by atoms with van der Waals surface area (Å²) in [7, 11) is -1.88. The van der Waals surface area contributed by atoms with Crippen LogP contribution in [0.25, 0.3) is 5.65 Å². The van der Waals surface area contributed by atoms with E-state index in [4.69, 9.17) is 9.41 Å². The lowest BCUT2D eigenvalue weighted by Crippen LogP contribution is -2.44. The molecule has 6 nitrogen and oxygen atoms in total. The topological polar surface area (TPSA) is 55.6 Å². The van der Waals surface area contributed by atoms with Crippen LogP contribution in [0.1, 0.15) is 63.3 Å². The lowest BCUT2D eigenvalue weighted by molar-refractivity contribution is 0.198.